The van der Waals surface area contributed by atoms with Gasteiger partial charge in [-0.15, -0.1) is 37.2 Å². The molecule has 1 fully saturated rings. The van der Waals surface area contributed by atoms with E-state index in [0.717, 1.165) is 78.3 Å². The lowest BCUT2D eigenvalue weighted by molar-refractivity contribution is 0.244. The number of halogens is 4. The summed E-state index contributed by atoms with van der Waals surface area (Å²) in [7, 11) is 0. The van der Waals surface area contributed by atoms with E-state index >= 15 is 0 Å². The van der Waals surface area contributed by atoms with Crippen molar-refractivity contribution in [3.8, 4) is 0 Å². The molecule has 1 aromatic carbocycles. The van der Waals surface area contributed by atoms with Gasteiger partial charge in [-0.2, -0.15) is 0 Å². The van der Waals surface area contributed by atoms with Crippen LogP contribution in [0.15, 0.2) is 29.7 Å². The second kappa shape index (κ2) is 13.0. The van der Waals surface area contributed by atoms with Gasteiger partial charge in [-0.3, -0.25) is 4.90 Å². The summed E-state index contributed by atoms with van der Waals surface area (Å²) in [5.41, 5.74) is 3.09. The van der Waals surface area contributed by atoms with Crippen LogP contribution in [-0.4, -0.2) is 56.3 Å². The highest BCUT2D eigenvalue weighted by Crippen LogP contribution is 2.33. The van der Waals surface area contributed by atoms with Gasteiger partial charge in [0.25, 0.3) is 0 Å². The minimum absolute atomic E-state index is 0. The zero-order chi connectivity index (χ0) is 19.5. The Kier molecular flexibility index (Phi) is 11.8. The molecular formula is C20H30Cl4N6S. The zero-order valence-electron chi connectivity index (χ0n) is 17.6. The van der Waals surface area contributed by atoms with Gasteiger partial charge in [0.05, 0.1) is 28.3 Å². The Morgan fingerprint density at radius 2 is 1.81 bits per heavy atom. The number of thioether (sulfide) groups is 1. The van der Waals surface area contributed by atoms with Gasteiger partial charge in [0.1, 0.15) is 5.82 Å². The Morgan fingerprint density at radius 3 is 2.42 bits per heavy atom. The van der Waals surface area contributed by atoms with E-state index in [9.17, 15) is 0 Å². The molecule has 174 valence electrons. The first-order chi connectivity index (χ1) is 13.7. The molecule has 1 aliphatic rings. The van der Waals surface area contributed by atoms with Crippen molar-refractivity contribution < 1.29 is 0 Å². The third-order valence-corrected chi connectivity index (χ3v) is 7.08. The van der Waals surface area contributed by atoms with Crippen LogP contribution in [-0.2, 0) is 6.54 Å². The highest BCUT2D eigenvalue weighted by molar-refractivity contribution is 7.99. The molecule has 2 aromatic heterocycles. The van der Waals surface area contributed by atoms with Gasteiger partial charge in [0.2, 0.25) is 0 Å². The average molecular weight is 528 g/mol. The number of rotatable bonds is 7. The maximum absolute atomic E-state index is 6.63. The maximum atomic E-state index is 6.63. The van der Waals surface area contributed by atoms with Crippen LogP contribution >= 0.6 is 60.6 Å². The lowest BCUT2D eigenvalue weighted by Gasteiger charge is -2.36. The third kappa shape index (κ3) is 6.83. The van der Waals surface area contributed by atoms with Gasteiger partial charge < -0.3 is 14.9 Å². The molecule has 0 amide bonds. The summed E-state index contributed by atoms with van der Waals surface area (Å²) in [5, 5.41) is 2.37. The molecule has 11 heteroatoms. The smallest absolute Gasteiger partial charge is 0.166 e. The molecular weight excluding hydrogens is 498 g/mol. The molecule has 31 heavy (non-hydrogen) atoms. The molecule has 2 N–H and O–H groups in total. The van der Waals surface area contributed by atoms with E-state index in [1.165, 1.54) is 0 Å². The molecule has 1 saturated heterocycles. The summed E-state index contributed by atoms with van der Waals surface area (Å²) in [6.07, 6.45) is 5.97. The molecule has 0 aliphatic carbocycles. The lowest BCUT2D eigenvalue weighted by Crippen LogP contribution is -2.46. The SMILES string of the molecule is CCC(CC)Sc1nc2cc(N3CCN(Cc4ncc[nH]4)CC3)c(Cl)cc2[nH]1.Cl.Cl.Cl. The van der Waals surface area contributed by atoms with Gasteiger partial charge in [-0.05, 0) is 25.0 Å². The highest BCUT2D eigenvalue weighted by atomic mass is 35.5. The van der Waals surface area contributed by atoms with E-state index in [4.69, 9.17) is 16.6 Å². The largest absolute Gasteiger partial charge is 0.368 e. The fourth-order valence-electron chi connectivity index (χ4n) is 3.65. The number of H-pyrrole nitrogens is 2. The molecule has 6 nitrogen and oxygen atoms in total. The van der Waals surface area contributed by atoms with Gasteiger partial charge in [-0.25, -0.2) is 9.97 Å². The van der Waals surface area contributed by atoms with E-state index < -0.39 is 0 Å². The Labute approximate surface area is 211 Å². The van der Waals surface area contributed by atoms with Crippen molar-refractivity contribution in [1.29, 1.82) is 0 Å². The second-order valence-corrected chi connectivity index (χ2v) is 8.91. The van der Waals surface area contributed by atoms with Crippen LogP contribution in [0.3, 0.4) is 0 Å². The molecule has 0 unspecified atom stereocenters. The van der Waals surface area contributed by atoms with Crippen LogP contribution in [0.5, 0.6) is 0 Å². The maximum Gasteiger partial charge on any atom is 0.166 e. The number of hydrogen-bond acceptors (Lipinski definition) is 5. The average Bonchev–Trinajstić information content (AvgIpc) is 3.35. The number of anilines is 1. The van der Waals surface area contributed by atoms with Crippen molar-refractivity contribution in [3.05, 3.63) is 35.4 Å². The number of benzene rings is 1. The third-order valence-electron chi connectivity index (χ3n) is 5.36. The highest BCUT2D eigenvalue weighted by Gasteiger charge is 2.21. The van der Waals surface area contributed by atoms with E-state index in [0.29, 0.717) is 5.25 Å². The first-order valence-corrected chi connectivity index (χ1v) is 11.2. The molecule has 4 rings (SSSR count). The Morgan fingerprint density at radius 1 is 1.10 bits per heavy atom. The topological polar surface area (TPSA) is 63.8 Å². The number of fused-ring (bicyclic) bond motifs is 1. The molecule has 1 aliphatic heterocycles. The van der Waals surface area contributed by atoms with E-state index in [2.05, 4.69) is 44.7 Å². The van der Waals surface area contributed by atoms with E-state index in [1.807, 2.05) is 24.0 Å². The summed E-state index contributed by atoms with van der Waals surface area (Å²) >= 11 is 8.46. The Balaban J connectivity index is 0.00000160. The standard InChI is InChI=1S/C20H27ClN6S.3ClH/c1-3-14(4-2)28-20-24-16-11-15(21)18(12-17(16)25-20)27-9-7-26(8-10-27)13-19-22-5-6-23-19;;;/h5-6,11-12,14H,3-4,7-10,13H2,1-2H3,(H,22,23)(H,24,25);3*1H. The van der Waals surface area contributed by atoms with Crippen molar-refractivity contribution >= 4 is 77.3 Å². The second-order valence-electron chi connectivity index (χ2n) is 7.22. The summed E-state index contributed by atoms with van der Waals surface area (Å²) in [6, 6.07) is 4.15. The van der Waals surface area contributed by atoms with E-state index in [-0.39, 0.29) is 37.2 Å². The summed E-state index contributed by atoms with van der Waals surface area (Å²) in [5.74, 6) is 1.02. The lowest BCUT2D eigenvalue weighted by atomic mass is 10.2. The first-order valence-electron chi connectivity index (χ1n) is 9.97. The van der Waals surface area contributed by atoms with Crippen molar-refractivity contribution in [3.63, 3.8) is 0 Å². The predicted octanol–water partition coefficient (Wildman–Crippen LogP) is 5.81. The van der Waals surface area contributed by atoms with Crippen LogP contribution < -0.4 is 4.90 Å². The van der Waals surface area contributed by atoms with Crippen LogP contribution in [0.4, 0.5) is 5.69 Å². The van der Waals surface area contributed by atoms with Crippen LogP contribution in [0.2, 0.25) is 5.02 Å². The molecule has 0 atom stereocenters. The summed E-state index contributed by atoms with van der Waals surface area (Å²) < 4.78 is 0. The fourth-order valence-corrected chi connectivity index (χ4v) is 4.90. The monoisotopic (exact) mass is 526 g/mol. The number of aromatic amines is 2. The van der Waals surface area contributed by atoms with Crippen molar-refractivity contribution in [2.75, 3.05) is 31.1 Å². The normalized spacial score (nSPS) is 14.3. The molecule has 3 aromatic rings. The fraction of sp³-hybridized carbons (Fsp3) is 0.500. The molecule has 0 radical (unpaired) electrons. The number of piperazine rings is 1. The van der Waals surface area contributed by atoms with Crippen LogP contribution in [0, 0.1) is 0 Å². The number of nitrogens with one attached hydrogen (secondary N) is 2. The zero-order valence-corrected chi connectivity index (χ0v) is 21.7. The number of aromatic nitrogens is 4. The predicted molar refractivity (Wildman–Crippen MR) is 139 cm³/mol. The van der Waals surface area contributed by atoms with Crippen LogP contribution in [0.1, 0.15) is 32.5 Å². The number of nitrogens with zero attached hydrogens (tertiary/aromatic N) is 4. The quantitative estimate of drug-likeness (QED) is 0.379. The molecule has 3 heterocycles. The van der Waals surface area contributed by atoms with Crippen LogP contribution in [0.25, 0.3) is 11.0 Å². The number of hydrogen-bond donors (Lipinski definition) is 2. The Bertz CT molecular complexity index is 908. The summed E-state index contributed by atoms with van der Waals surface area (Å²) in [4.78, 5) is 20.5. The molecule has 0 bridgehead atoms. The number of imidazole rings is 2. The van der Waals surface area contributed by atoms with Gasteiger partial charge in [0.15, 0.2) is 5.16 Å². The van der Waals surface area contributed by atoms with Gasteiger partial charge in [-0.1, -0.05) is 37.2 Å². The minimum atomic E-state index is 0. The molecule has 0 saturated carbocycles. The van der Waals surface area contributed by atoms with Crippen molar-refractivity contribution in [2.45, 2.75) is 43.6 Å². The minimum Gasteiger partial charge on any atom is -0.368 e. The first kappa shape index (κ1) is 28.2. The van der Waals surface area contributed by atoms with Gasteiger partial charge in [0, 0.05) is 43.8 Å². The van der Waals surface area contributed by atoms with Crippen molar-refractivity contribution in [2.24, 2.45) is 0 Å². The summed E-state index contributed by atoms with van der Waals surface area (Å²) in [6.45, 7) is 9.20. The molecule has 0 spiro atoms. The Hall–Kier alpha value is -0.830. The van der Waals surface area contributed by atoms with E-state index in [1.54, 1.807) is 6.20 Å². The van der Waals surface area contributed by atoms with Gasteiger partial charge >= 0.3 is 0 Å². The van der Waals surface area contributed by atoms with Crippen molar-refractivity contribution in [1.82, 2.24) is 24.8 Å².